The van der Waals surface area contributed by atoms with Crippen LogP contribution in [0.2, 0.25) is 0 Å². The maximum absolute atomic E-state index is 11.8. The van der Waals surface area contributed by atoms with E-state index in [2.05, 4.69) is 18.3 Å². The van der Waals surface area contributed by atoms with Crippen LogP contribution in [0.25, 0.3) is 0 Å². The van der Waals surface area contributed by atoms with Crippen molar-refractivity contribution in [2.24, 2.45) is 0 Å². The summed E-state index contributed by atoms with van der Waals surface area (Å²) < 4.78 is 5.07. The monoisotopic (exact) mass is 249 g/mol. The number of carbonyl (C=O) groups excluding carboxylic acids is 1. The molecule has 1 aromatic rings. The summed E-state index contributed by atoms with van der Waals surface area (Å²) in [5, 5.41) is 3.29. The van der Waals surface area contributed by atoms with Crippen LogP contribution in [0.5, 0.6) is 0 Å². The molecule has 0 aliphatic rings. The number of hydrogen-bond donors (Lipinski definition) is 1. The van der Waals surface area contributed by atoms with Crippen molar-refractivity contribution >= 4 is 11.7 Å². The van der Waals surface area contributed by atoms with E-state index in [0.717, 1.165) is 24.9 Å². The molecule has 0 spiro atoms. The first-order valence-electron chi connectivity index (χ1n) is 6.73. The summed E-state index contributed by atoms with van der Waals surface area (Å²) in [4.78, 5) is 11.8. The first kappa shape index (κ1) is 14.6. The van der Waals surface area contributed by atoms with Gasteiger partial charge in [-0.2, -0.15) is 0 Å². The molecule has 1 unspecified atom stereocenters. The molecule has 0 aliphatic heterocycles. The Kier molecular flexibility index (Phi) is 6.26. The molecular formula is C15H23NO2. The number of para-hydroxylation sites is 1. The third-order valence-electron chi connectivity index (χ3n) is 2.85. The van der Waals surface area contributed by atoms with Gasteiger partial charge in [0, 0.05) is 5.69 Å². The standard InChI is InChI=1S/C15H23NO2/c1-4-9-12-10-7-8-11-14(12)16-13(5-2)15(17)18-6-3/h7-8,10-11,13,16H,4-6,9H2,1-3H3. The minimum absolute atomic E-state index is 0.175. The van der Waals surface area contributed by atoms with Crippen LogP contribution >= 0.6 is 0 Å². The Morgan fingerprint density at radius 1 is 1.28 bits per heavy atom. The van der Waals surface area contributed by atoms with Crippen molar-refractivity contribution in [3.05, 3.63) is 29.8 Å². The van der Waals surface area contributed by atoms with E-state index in [-0.39, 0.29) is 12.0 Å². The average Bonchev–Trinajstić information content (AvgIpc) is 2.38. The van der Waals surface area contributed by atoms with Gasteiger partial charge in [-0.3, -0.25) is 0 Å². The quantitative estimate of drug-likeness (QED) is 0.753. The van der Waals surface area contributed by atoms with Crippen molar-refractivity contribution in [3.8, 4) is 0 Å². The molecule has 3 nitrogen and oxygen atoms in total. The number of rotatable bonds is 7. The summed E-state index contributed by atoms with van der Waals surface area (Å²) in [5.41, 5.74) is 2.29. The van der Waals surface area contributed by atoms with E-state index in [0.29, 0.717) is 6.61 Å². The molecular weight excluding hydrogens is 226 g/mol. The van der Waals surface area contributed by atoms with Crippen molar-refractivity contribution in [3.63, 3.8) is 0 Å². The molecule has 0 fully saturated rings. The van der Waals surface area contributed by atoms with Gasteiger partial charge in [-0.05, 0) is 31.4 Å². The summed E-state index contributed by atoms with van der Waals surface area (Å²) in [7, 11) is 0. The molecule has 0 heterocycles. The number of hydrogen-bond acceptors (Lipinski definition) is 3. The highest BCUT2D eigenvalue weighted by Gasteiger charge is 2.18. The molecule has 0 bridgehead atoms. The lowest BCUT2D eigenvalue weighted by molar-refractivity contribution is -0.144. The molecule has 0 saturated heterocycles. The number of aryl methyl sites for hydroxylation is 1. The third-order valence-corrected chi connectivity index (χ3v) is 2.85. The van der Waals surface area contributed by atoms with Gasteiger partial charge in [0.15, 0.2) is 0 Å². The van der Waals surface area contributed by atoms with Gasteiger partial charge in [0.1, 0.15) is 6.04 Å². The Bertz CT molecular complexity index is 377. The minimum atomic E-state index is -0.261. The Labute approximate surface area is 110 Å². The zero-order chi connectivity index (χ0) is 13.4. The minimum Gasteiger partial charge on any atom is -0.464 e. The van der Waals surface area contributed by atoms with Crippen LogP contribution in [0.4, 0.5) is 5.69 Å². The molecule has 1 N–H and O–H groups in total. The van der Waals surface area contributed by atoms with E-state index < -0.39 is 0 Å². The van der Waals surface area contributed by atoms with Crippen molar-refractivity contribution in [2.45, 2.75) is 46.1 Å². The van der Waals surface area contributed by atoms with Gasteiger partial charge in [-0.25, -0.2) is 4.79 Å². The van der Waals surface area contributed by atoms with E-state index in [4.69, 9.17) is 4.74 Å². The van der Waals surface area contributed by atoms with E-state index in [1.54, 1.807) is 0 Å². The normalized spacial score (nSPS) is 11.9. The summed E-state index contributed by atoms with van der Waals surface area (Å²) in [6.07, 6.45) is 2.83. The lowest BCUT2D eigenvalue weighted by Crippen LogP contribution is -2.31. The first-order valence-corrected chi connectivity index (χ1v) is 6.73. The van der Waals surface area contributed by atoms with Gasteiger partial charge in [-0.15, -0.1) is 0 Å². The summed E-state index contributed by atoms with van der Waals surface area (Å²) in [6.45, 7) is 6.39. The third kappa shape index (κ3) is 4.06. The van der Waals surface area contributed by atoms with Crippen molar-refractivity contribution < 1.29 is 9.53 Å². The van der Waals surface area contributed by atoms with E-state index >= 15 is 0 Å². The van der Waals surface area contributed by atoms with Gasteiger partial charge in [0.05, 0.1) is 6.61 Å². The zero-order valence-electron chi connectivity index (χ0n) is 11.5. The molecule has 100 valence electrons. The topological polar surface area (TPSA) is 38.3 Å². The predicted octanol–water partition coefficient (Wildman–Crippen LogP) is 3.39. The maximum atomic E-state index is 11.8. The van der Waals surface area contributed by atoms with Gasteiger partial charge in [-0.1, -0.05) is 38.5 Å². The number of ether oxygens (including phenoxy) is 1. The summed E-state index contributed by atoms with van der Waals surface area (Å²) in [6, 6.07) is 7.88. The molecule has 0 saturated carbocycles. The van der Waals surface area contributed by atoms with Gasteiger partial charge in [0.2, 0.25) is 0 Å². The van der Waals surface area contributed by atoms with Crippen LogP contribution in [0.3, 0.4) is 0 Å². The number of carbonyl (C=O) groups is 1. The average molecular weight is 249 g/mol. The number of benzene rings is 1. The lowest BCUT2D eigenvalue weighted by Gasteiger charge is -2.19. The largest absolute Gasteiger partial charge is 0.464 e. The Morgan fingerprint density at radius 2 is 2.00 bits per heavy atom. The van der Waals surface area contributed by atoms with Crippen LogP contribution in [0, 0.1) is 0 Å². The predicted molar refractivity (Wildman–Crippen MR) is 74.8 cm³/mol. The van der Waals surface area contributed by atoms with Crippen LogP contribution in [-0.2, 0) is 16.0 Å². The molecule has 3 heteroatoms. The van der Waals surface area contributed by atoms with E-state index in [9.17, 15) is 4.79 Å². The van der Waals surface area contributed by atoms with Gasteiger partial charge >= 0.3 is 5.97 Å². The number of nitrogens with one attached hydrogen (secondary N) is 1. The van der Waals surface area contributed by atoms with Crippen LogP contribution < -0.4 is 5.32 Å². The lowest BCUT2D eigenvalue weighted by atomic mass is 10.1. The highest BCUT2D eigenvalue weighted by atomic mass is 16.5. The fraction of sp³-hybridized carbons (Fsp3) is 0.533. The molecule has 18 heavy (non-hydrogen) atoms. The zero-order valence-corrected chi connectivity index (χ0v) is 11.5. The maximum Gasteiger partial charge on any atom is 0.328 e. The van der Waals surface area contributed by atoms with E-state index in [1.165, 1.54) is 5.56 Å². The SMILES string of the molecule is CCCc1ccccc1NC(CC)C(=O)OCC. The Hall–Kier alpha value is -1.51. The molecule has 1 atom stereocenters. The molecule has 0 aliphatic carbocycles. The second-order valence-electron chi connectivity index (χ2n) is 4.26. The summed E-state index contributed by atoms with van der Waals surface area (Å²) in [5.74, 6) is -0.175. The number of anilines is 1. The fourth-order valence-electron chi connectivity index (χ4n) is 1.91. The molecule has 0 radical (unpaired) electrons. The fourth-order valence-corrected chi connectivity index (χ4v) is 1.91. The molecule has 1 rings (SSSR count). The van der Waals surface area contributed by atoms with Crippen LogP contribution in [0.1, 0.15) is 39.2 Å². The van der Waals surface area contributed by atoms with Crippen LogP contribution in [0.15, 0.2) is 24.3 Å². The first-order chi connectivity index (χ1) is 8.72. The van der Waals surface area contributed by atoms with Gasteiger partial charge < -0.3 is 10.1 Å². The van der Waals surface area contributed by atoms with Gasteiger partial charge in [0.25, 0.3) is 0 Å². The highest BCUT2D eigenvalue weighted by Crippen LogP contribution is 2.18. The van der Waals surface area contributed by atoms with E-state index in [1.807, 2.05) is 32.0 Å². The Morgan fingerprint density at radius 3 is 2.61 bits per heavy atom. The van der Waals surface area contributed by atoms with Crippen molar-refractivity contribution in [1.82, 2.24) is 0 Å². The second kappa shape index (κ2) is 7.75. The van der Waals surface area contributed by atoms with Crippen LogP contribution in [-0.4, -0.2) is 18.6 Å². The highest BCUT2D eigenvalue weighted by molar-refractivity contribution is 5.79. The summed E-state index contributed by atoms with van der Waals surface area (Å²) >= 11 is 0. The Balaban J connectivity index is 2.77. The van der Waals surface area contributed by atoms with Crippen molar-refractivity contribution in [1.29, 1.82) is 0 Å². The number of esters is 1. The molecule has 1 aromatic carbocycles. The molecule has 0 aromatic heterocycles. The molecule has 0 amide bonds. The smallest absolute Gasteiger partial charge is 0.328 e. The van der Waals surface area contributed by atoms with Crippen molar-refractivity contribution in [2.75, 3.05) is 11.9 Å². The second-order valence-corrected chi connectivity index (χ2v) is 4.26.